The summed E-state index contributed by atoms with van der Waals surface area (Å²) in [6.45, 7) is 0. The first-order chi connectivity index (χ1) is 15.6. The number of rotatable bonds is 7. The van der Waals surface area contributed by atoms with Gasteiger partial charge in [0.05, 0.1) is 37.8 Å². The number of carbonyl (C=O) groups is 1. The fourth-order valence-corrected chi connectivity index (χ4v) is 4.00. The highest BCUT2D eigenvalue weighted by Crippen LogP contribution is 2.33. The molecule has 0 saturated heterocycles. The van der Waals surface area contributed by atoms with Gasteiger partial charge in [-0.3, -0.25) is 4.79 Å². The molecule has 4 rings (SSSR count). The summed E-state index contributed by atoms with van der Waals surface area (Å²) in [6, 6.07) is 20.1. The molecule has 1 amide bonds. The molecule has 0 unspecified atom stereocenters. The van der Waals surface area contributed by atoms with Gasteiger partial charge in [0.15, 0.2) is 11.5 Å². The lowest BCUT2D eigenvalue weighted by Crippen LogP contribution is -2.25. The number of nitrogens with zero attached hydrogens (tertiary/aromatic N) is 3. The average Bonchev–Trinajstić information content (AvgIpc) is 3.27. The van der Waals surface area contributed by atoms with Crippen LogP contribution in [-0.4, -0.2) is 38.4 Å². The van der Waals surface area contributed by atoms with Gasteiger partial charge < -0.3 is 14.2 Å². The monoisotopic (exact) mass is 447 g/mol. The maximum atomic E-state index is 13.5. The summed E-state index contributed by atoms with van der Waals surface area (Å²) < 4.78 is 16.8. The predicted octanol–water partition coefficient (Wildman–Crippen LogP) is 5.00. The van der Waals surface area contributed by atoms with Gasteiger partial charge in [-0.2, -0.15) is 10.1 Å². The molecule has 1 heterocycles. The molecule has 8 heteroatoms. The molecule has 0 saturated carbocycles. The largest absolute Gasteiger partial charge is 0.497 e. The molecule has 0 radical (unpaired) electrons. The Balaban J connectivity index is 1.77. The van der Waals surface area contributed by atoms with E-state index in [1.54, 1.807) is 38.6 Å². The third-order valence-electron chi connectivity index (χ3n) is 4.71. The highest BCUT2D eigenvalue weighted by Gasteiger charge is 2.22. The van der Waals surface area contributed by atoms with Crippen molar-refractivity contribution in [3.63, 3.8) is 0 Å². The number of ether oxygens (including phenoxy) is 3. The lowest BCUT2D eigenvalue weighted by molar-refractivity contribution is 0.0987. The van der Waals surface area contributed by atoms with Gasteiger partial charge in [-0.05, 0) is 42.0 Å². The van der Waals surface area contributed by atoms with Gasteiger partial charge in [0.2, 0.25) is 5.13 Å². The first kappa shape index (κ1) is 21.3. The second-order valence-corrected chi connectivity index (χ2v) is 7.68. The molecule has 3 aromatic carbocycles. The molecule has 0 aliphatic rings. The number of anilines is 1. The molecule has 0 aliphatic heterocycles. The van der Waals surface area contributed by atoms with E-state index in [1.165, 1.54) is 23.5 Å². The molecular weight excluding hydrogens is 426 g/mol. The van der Waals surface area contributed by atoms with Gasteiger partial charge in [-0.1, -0.05) is 41.7 Å². The number of methoxy groups -OCH3 is 3. The molecule has 0 bridgehead atoms. The average molecular weight is 448 g/mol. The van der Waals surface area contributed by atoms with Crippen molar-refractivity contribution in [1.29, 1.82) is 0 Å². The van der Waals surface area contributed by atoms with Crippen molar-refractivity contribution in [2.45, 2.75) is 0 Å². The second kappa shape index (κ2) is 9.49. The fourth-order valence-electron chi connectivity index (χ4n) is 3.05. The summed E-state index contributed by atoms with van der Waals surface area (Å²) in [4.78, 5) is 18.1. The van der Waals surface area contributed by atoms with Gasteiger partial charge in [0.1, 0.15) is 5.75 Å². The van der Waals surface area contributed by atoms with E-state index in [2.05, 4.69) is 10.1 Å². The minimum atomic E-state index is -0.343. The van der Waals surface area contributed by atoms with Gasteiger partial charge in [0, 0.05) is 5.56 Å². The molecule has 1 aromatic heterocycles. The number of thiazole rings is 1. The highest BCUT2D eigenvalue weighted by atomic mass is 32.1. The van der Waals surface area contributed by atoms with Crippen LogP contribution in [0, 0.1) is 0 Å². The van der Waals surface area contributed by atoms with Crippen LogP contribution in [0.4, 0.5) is 5.13 Å². The number of hydrazone groups is 1. The van der Waals surface area contributed by atoms with Crippen LogP contribution in [0.15, 0.2) is 71.8 Å². The van der Waals surface area contributed by atoms with Crippen molar-refractivity contribution < 1.29 is 19.0 Å². The molecule has 0 atom stereocenters. The molecule has 162 valence electrons. The summed E-state index contributed by atoms with van der Waals surface area (Å²) in [7, 11) is 4.68. The van der Waals surface area contributed by atoms with Crippen molar-refractivity contribution in [2.75, 3.05) is 26.3 Å². The predicted molar refractivity (Wildman–Crippen MR) is 127 cm³/mol. The topological polar surface area (TPSA) is 73.2 Å². The number of hydrogen-bond donors (Lipinski definition) is 0. The third-order valence-corrected chi connectivity index (χ3v) is 5.70. The number of hydrogen-bond acceptors (Lipinski definition) is 7. The van der Waals surface area contributed by atoms with Crippen LogP contribution in [0.25, 0.3) is 10.2 Å². The van der Waals surface area contributed by atoms with Gasteiger partial charge in [-0.25, -0.2) is 4.98 Å². The Morgan fingerprint density at radius 3 is 2.44 bits per heavy atom. The summed E-state index contributed by atoms with van der Waals surface area (Å²) in [5, 5.41) is 6.22. The Bertz CT molecular complexity index is 1270. The summed E-state index contributed by atoms with van der Waals surface area (Å²) in [5.74, 6) is 1.37. The Labute approximate surface area is 189 Å². The Hall–Kier alpha value is -3.91. The van der Waals surface area contributed by atoms with E-state index >= 15 is 0 Å². The molecular formula is C24H21N3O4S. The number of fused-ring (bicyclic) bond motifs is 1. The zero-order valence-electron chi connectivity index (χ0n) is 17.8. The quantitative estimate of drug-likeness (QED) is 0.294. The van der Waals surface area contributed by atoms with Crippen molar-refractivity contribution in [3.8, 4) is 17.2 Å². The van der Waals surface area contributed by atoms with Crippen LogP contribution < -0.4 is 19.2 Å². The first-order valence-corrected chi connectivity index (χ1v) is 10.5. The maximum absolute atomic E-state index is 13.5. The molecule has 0 spiro atoms. The fraction of sp³-hybridized carbons (Fsp3) is 0.125. The van der Waals surface area contributed by atoms with Crippen molar-refractivity contribution in [2.24, 2.45) is 5.10 Å². The van der Waals surface area contributed by atoms with Crippen LogP contribution in [0.2, 0.25) is 0 Å². The first-order valence-electron chi connectivity index (χ1n) is 9.73. The lowest BCUT2D eigenvalue weighted by atomic mass is 10.2. The van der Waals surface area contributed by atoms with E-state index in [-0.39, 0.29) is 5.91 Å². The minimum absolute atomic E-state index is 0.343. The molecule has 4 aromatic rings. The van der Waals surface area contributed by atoms with Crippen molar-refractivity contribution >= 4 is 38.8 Å². The van der Waals surface area contributed by atoms with Crippen LogP contribution >= 0.6 is 11.3 Å². The van der Waals surface area contributed by atoms with E-state index in [1.807, 2.05) is 48.5 Å². The smallest absolute Gasteiger partial charge is 0.280 e. The van der Waals surface area contributed by atoms with E-state index in [9.17, 15) is 4.79 Å². The molecule has 0 N–H and O–H groups in total. The van der Waals surface area contributed by atoms with E-state index < -0.39 is 0 Å². The number of benzene rings is 3. The highest BCUT2D eigenvalue weighted by molar-refractivity contribution is 7.22. The summed E-state index contributed by atoms with van der Waals surface area (Å²) in [5.41, 5.74) is 2.01. The third kappa shape index (κ3) is 4.40. The molecule has 32 heavy (non-hydrogen) atoms. The number of carbonyl (C=O) groups excluding carboxylic acids is 1. The summed E-state index contributed by atoms with van der Waals surface area (Å²) in [6.07, 6.45) is 1.63. The van der Waals surface area contributed by atoms with E-state index in [4.69, 9.17) is 14.2 Å². The SMILES string of the molecule is COc1ccc2nc(N(/N=C/c3ccccc3)C(=O)c3ccc(OC)c(OC)c3)sc2c1. The lowest BCUT2D eigenvalue weighted by Gasteiger charge is -2.15. The Morgan fingerprint density at radius 2 is 1.72 bits per heavy atom. The van der Waals surface area contributed by atoms with Crippen LogP contribution in [-0.2, 0) is 0 Å². The number of amides is 1. The second-order valence-electron chi connectivity index (χ2n) is 6.67. The Kier molecular flexibility index (Phi) is 6.32. The zero-order chi connectivity index (χ0) is 22.5. The van der Waals surface area contributed by atoms with Crippen LogP contribution in [0.3, 0.4) is 0 Å². The van der Waals surface area contributed by atoms with E-state index in [0.29, 0.717) is 22.2 Å². The normalized spacial score (nSPS) is 11.0. The van der Waals surface area contributed by atoms with Crippen LogP contribution in [0.1, 0.15) is 15.9 Å². The number of aromatic nitrogens is 1. The maximum Gasteiger partial charge on any atom is 0.280 e. The van der Waals surface area contributed by atoms with Crippen molar-refractivity contribution in [3.05, 3.63) is 77.9 Å². The molecule has 0 fully saturated rings. The van der Waals surface area contributed by atoms with Crippen LogP contribution in [0.5, 0.6) is 17.2 Å². The zero-order valence-corrected chi connectivity index (χ0v) is 18.6. The van der Waals surface area contributed by atoms with Gasteiger partial charge >= 0.3 is 0 Å². The summed E-state index contributed by atoms with van der Waals surface area (Å²) >= 11 is 1.35. The van der Waals surface area contributed by atoms with Crippen molar-refractivity contribution in [1.82, 2.24) is 4.98 Å². The Morgan fingerprint density at radius 1 is 0.938 bits per heavy atom. The minimum Gasteiger partial charge on any atom is -0.497 e. The standard InChI is InChI=1S/C24H21N3O4S/c1-29-18-10-11-19-22(14-18)32-24(26-19)27(25-15-16-7-5-4-6-8-16)23(28)17-9-12-20(30-2)21(13-17)31-3/h4-15H,1-3H3/b25-15+. The molecule has 7 nitrogen and oxygen atoms in total. The van der Waals surface area contributed by atoms with Gasteiger partial charge in [0.25, 0.3) is 5.91 Å². The van der Waals surface area contributed by atoms with E-state index in [0.717, 1.165) is 21.5 Å². The van der Waals surface area contributed by atoms with Gasteiger partial charge in [-0.15, -0.1) is 0 Å². The molecule has 0 aliphatic carbocycles.